The first-order valence-electron chi connectivity index (χ1n) is 11.6. The molecule has 2 saturated heterocycles. The summed E-state index contributed by atoms with van der Waals surface area (Å²) in [6.07, 6.45) is 3.20. The van der Waals surface area contributed by atoms with Crippen molar-refractivity contribution in [2.24, 2.45) is 0 Å². The number of amides is 1. The number of likely N-dealkylation sites (tertiary alicyclic amines) is 1. The van der Waals surface area contributed by atoms with E-state index in [-0.39, 0.29) is 18.3 Å². The highest BCUT2D eigenvalue weighted by molar-refractivity contribution is 7.98. The number of hydrogen-bond acceptors (Lipinski definition) is 8. The fourth-order valence-electron chi connectivity index (χ4n) is 4.87. The smallest absolute Gasteiger partial charge is 0.262 e. The number of hydrogen-bond donors (Lipinski definition) is 0. The zero-order chi connectivity index (χ0) is 24.0. The van der Waals surface area contributed by atoms with Gasteiger partial charge < -0.3 is 23.8 Å². The number of thioether (sulfide) groups is 1. The van der Waals surface area contributed by atoms with Crippen molar-refractivity contribution in [1.29, 1.82) is 0 Å². The third-order valence-electron chi connectivity index (χ3n) is 6.75. The fourth-order valence-corrected chi connectivity index (χ4v) is 5.43. The number of rotatable bonds is 4. The van der Waals surface area contributed by atoms with Crippen LogP contribution in [0.3, 0.4) is 0 Å². The second kappa shape index (κ2) is 8.85. The van der Waals surface area contributed by atoms with Crippen molar-refractivity contribution in [2.45, 2.75) is 30.3 Å². The maximum atomic E-state index is 13.4. The van der Waals surface area contributed by atoms with E-state index in [1.165, 1.54) is 11.8 Å². The van der Waals surface area contributed by atoms with E-state index in [1.54, 1.807) is 22.8 Å². The molecule has 2 fully saturated rings. The molecule has 0 saturated carbocycles. The Morgan fingerprint density at radius 3 is 2.60 bits per heavy atom. The number of benzene rings is 2. The Balaban J connectivity index is 1.27. The molecule has 0 unspecified atom stereocenters. The molecule has 0 radical (unpaired) electrons. The Morgan fingerprint density at radius 2 is 1.83 bits per heavy atom. The standard InChI is InChI=1S/C25H25N3O6S/c1-35-24-26-19-13-17(22(29)27-8-6-25(7-9-27)33-10-11-34-25)3-4-18(19)23(30)28(24)14-16-2-5-20-21(12-16)32-15-31-20/h2-5,12-13H,6-11,14-15H2,1H3. The molecule has 1 amide bonds. The lowest BCUT2D eigenvalue weighted by Gasteiger charge is -2.37. The quantitative estimate of drug-likeness (QED) is 0.403. The van der Waals surface area contributed by atoms with E-state index in [0.29, 0.717) is 78.8 Å². The van der Waals surface area contributed by atoms with Gasteiger partial charge in [-0.25, -0.2) is 4.98 Å². The highest BCUT2D eigenvalue weighted by Gasteiger charge is 2.40. The summed E-state index contributed by atoms with van der Waals surface area (Å²) in [5.74, 6) is 0.773. The van der Waals surface area contributed by atoms with Crippen LogP contribution in [0.15, 0.2) is 46.3 Å². The number of aromatic nitrogens is 2. The molecule has 9 nitrogen and oxygen atoms in total. The molecule has 6 rings (SSSR count). The molecule has 0 aliphatic carbocycles. The summed E-state index contributed by atoms with van der Waals surface area (Å²) in [4.78, 5) is 33.1. The van der Waals surface area contributed by atoms with Crippen molar-refractivity contribution < 1.29 is 23.7 Å². The summed E-state index contributed by atoms with van der Waals surface area (Å²) in [6.45, 7) is 2.90. The Morgan fingerprint density at radius 1 is 1.06 bits per heavy atom. The number of carbonyl (C=O) groups is 1. The molecule has 2 aromatic carbocycles. The average Bonchev–Trinajstić information content (AvgIpc) is 3.55. The minimum absolute atomic E-state index is 0.0724. The monoisotopic (exact) mass is 495 g/mol. The van der Waals surface area contributed by atoms with Gasteiger partial charge in [0.2, 0.25) is 6.79 Å². The van der Waals surface area contributed by atoms with E-state index in [0.717, 1.165) is 5.56 Å². The Hall–Kier alpha value is -3.08. The van der Waals surface area contributed by atoms with Crippen LogP contribution in [0, 0.1) is 0 Å². The summed E-state index contributed by atoms with van der Waals surface area (Å²) < 4.78 is 24.0. The molecule has 1 spiro atoms. The van der Waals surface area contributed by atoms with Crippen molar-refractivity contribution in [3.63, 3.8) is 0 Å². The van der Waals surface area contributed by atoms with E-state index in [1.807, 2.05) is 29.4 Å². The van der Waals surface area contributed by atoms with Crippen LogP contribution in [0.25, 0.3) is 10.9 Å². The molecular weight excluding hydrogens is 470 g/mol. The summed E-state index contributed by atoms with van der Waals surface area (Å²) in [5.41, 5.74) is 1.81. The maximum absolute atomic E-state index is 13.4. The molecular formula is C25H25N3O6S. The second-order valence-electron chi connectivity index (χ2n) is 8.81. The predicted molar refractivity (Wildman–Crippen MR) is 129 cm³/mol. The summed E-state index contributed by atoms with van der Waals surface area (Å²) in [6, 6.07) is 10.8. The van der Waals surface area contributed by atoms with E-state index in [9.17, 15) is 9.59 Å². The largest absolute Gasteiger partial charge is 0.454 e. The van der Waals surface area contributed by atoms with E-state index in [4.69, 9.17) is 23.9 Å². The third-order valence-corrected chi connectivity index (χ3v) is 7.43. The van der Waals surface area contributed by atoms with Crippen molar-refractivity contribution in [1.82, 2.24) is 14.5 Å². The maximum Gasteiger partial charge on any atom is 0.262 e. The summed E-state index contributed by atoms with van der Waals surface area (Å²) in [5, 5.41) is 1.06. The van der Waals surface area contributed by atoms with Crippen LogP contribution in [-0.4, -0.2) is 65.5 Å². The van der Waals surface area contributed by atoms with Crippen LogP contribution < -0.4 is 15.0 Å². The highest BCUT2D eigenvalue weighted by atomic mass is 32.2. The normalized spacial score (nSPS) is 18.5. The van der Waals surface area contributed by atoms with Gasteiger partial charge in [0.1, 0.15) is 0 Å². The highest BCUT2D eigenvalue weighted by Crippen LogP contribution is 2.33. The van der Waals surface area contributed by atoms with Crippen LogP contribution in [0.5, 0.6) is 11.5 Å². The van der Waals surface area contributed by atoms with Gasteiger partial charge in [-0.05, 0) is 42.2 Å². The molecule has 0 bridgehead atoms. The zero-order valence-corrected chi connectivity index (χ0v) is 20.1. The first-order chi connectivity index (χ1) is 17.0. The van der Waals surface area contributed by atoms with Crippen LogP contribution in [0.2, 0.25) is 0 Å². The van der Waals surface area contributed by atoms with Gasteiger partial charge in [0.15, 0.2) is 22.4 Å². The van der Waals surface area contributed by atoms with Crippen LogP contribution in [-0.2, 0) is 16.0 Å². The second-order valence-corrected chi connectivity index (χ2v) is 9.58. The average molecular weight is 496 g/mol. The van der Waals surface area contributed by atoms with Crippen LogP contribution >= 0.6 is 11.8 Å². The molecule has 4 heterocycles. The van der Waals surface area contributed by atoms with Gasteiger partial charge in [0, 0.05) is 31.5 Å². The number of fused-ring (bicyclic) bond motifs is 2. The van der Waals surface area contributed by atoms with Crippen LogP contribution in [0.1, 0.15) is 28.8 Å². The number of carbonyl (C=O) groups excluding carboxylic acids is 1. The molecule has 0 N–H and O–H groups in total. The van der Waals surface area contributed by atoms with Crippen LogP contribution in [0.4, 0.5) is 0 Å². The lowest BCUT2D eigenvalue weighted by Crippen LogP contribution is -2.47. The molecule has 0 atom stereocenters. The first kappa shape index (κ1) is 22.4. The van der Waals surface area contributed by atoms with Gasteiger partial charge in [-0.3, -0.25) is 14.2 Å². The van der Waals surface area contributed by atoms with Gasteiger partial charge in [-0.1, -0.05) is 17.8 Å². The fraction of sp³-hybridized carbons (Fsp3) is 0.400. The minimum Gasteiger partial charge on any atom is -0.454 e. The van der Waals surface area contributed by atoms with Crippen molar-refractivity contribution in [3.8, 4) is 11.5 Å². The van der Waals surface area contributed by atoms with Gasteiger partial charge in [-0.2, -0.15) is 0 Å². The molecule has 1 aromatic heterocycles. The number of piperidine rings is 1. The zero-order valence-electron chi connectivity index (χ0n) is 19.3. The molecule has 3 aliphatic rings. The van der Waals surface area contributed by atoms with Gasteiger partial charge in [0.25, 0.3) is 11.5 Å². The third kappa shape index (κ3) is 4.05. The van der Waals surface area contributed by atoms with E-state index >= 15 is 0 Å². The van der Waals surface area contributed by atoms with Crippen molar-refractivity contribution in [3.05, 3.63) is 57.9 Å². The summed E-state index contributed by atoms with van der Waals surface area (Å²) in [7, 11) is 0. The number of nitrogens with zero attached hydrogens (tertiary/aromatic N) is 3. The Bertz CT molecular complexity index is 1360. The molecule has 35 heavy (non-hydrogen) atoms. The topological polar surface area (TPSA) is 92.1 Å². The molecule has 3 aliphatic heterocycles. The van der Waals surface area contributed by atoms with Gasteiger partial charge in [0.05, 0.1) is 30.7 Å². The van der Waals surface area contributed by atoms with E-state index in [2.05, 4.69) is 0 Å². The van der Waals surface area contributed by atoms with E-state index < -0.39 is 5.79 Å². The predicted octanol–water partition coefficient (Wildman–Crippen LogP) is 2.87. The molecule has 10 heteroatoms. The number of ether oxygens (including phenoxy) is 4. The Kier molecular flexibility index (Phi) is 5.66. The van der Waals surface area contributed by atoms with Crippen molar-refractivity contribution >= 4 is 28.6 Å². The molecule has 182 valence electrons. The lowest BCUT2D eigenvalue weighted by molar-refractivity contribution is -0.181. The Labute approximate surface area is 205 Å². The SMILES string of the molecule is CSc1nc2cc(C(=O)N3CCC4(CC3)OCCO4)ccc2c(=O)n1Cc1ccc2c(c1)OCO2. The van der Waals surface area contributed by atoms with Gasteiger partial charge >= 0.3 is 0 Å². The minimum atomic E-state index is -0.530. The lowest BCUT2D eigenvalue weighted by atomic mass is 10.0. The van der Waals surface area contributed by atoms with Gasteiger partial charge in [-0.15, -0.1) is 0 Å². The van der Waals surface area contributed by atoms with Crippen molar-refractivity contribution in [2.75, 3.05) is 39.4 Å². The molecule has 3 aromatic rings. The summed E-state index contributed by atoms with van der Waals surface area (Å²) >= 11 is 1.39. The first-order valence-corrected chi connectivity index (χ1v) is 12.8.